The predicted octanol–water partition coefficient (Wildman–Crippen LogP) is 4.88. The van der Waals surface area contributed by atoms with Crippen LogP contribution in [0.15, 0.2) is 30.5 Å². The van der Waals surface area contributed by atoms with Gasteiger partial charge in [-0.15, -0.1) is 0 Å². The molecule has 4 nitrogen and oxygen atoms in total. The van der Waals surface area contributed by atoms with Crippen molar-refractivity contribution in [2.45, 2.75) is 64.2 Å². The highest BCUT2D eigenvalue weighted by molar-refractivity contribution is 6.33. The average molecular weight is 400 g/mol. The van der Waals surface area contributed by atoms with Crippen molar-refractivity contribution in [2.24, 2.45) is 0 Å². The Bertz CT molecular complexity index is 772. The smallest absolute Gasteiger partial charge is 0.0891 e. The number of benzene rings is 1. The molecule has 0 saturated heterocycles. The van der Waals surface area contributed by atoms with Gasteiger partial charge >= 0.3 is 0 Å². The standard InChI is InChI=1S/C23H30ClN3O/c24-22-9-7-18-10-12-25-13-11-21(18)23(22)27-15-17-6-8-19(26-14-17)16-28-20-4-2-1-3-5-20/h6-9,14,20,25,27H,1-5,10-13,15-16H2. The molecule has 1 saturated carbocycles. The normalized spacial score (nSPS) is 17.8. The van der Waals surface area contributed by atoms with E-state index in [9.17, 15) is 0 Å². The molecule has 0 bridgehead atoms. The second-order valence-corrected chi connectivity index (χ2v) is 8.30. The van der Waals surface area contributed by atoms with Crippen molar-refractivity contribution in [1.29, 1.82) is 0 Å². The molecule has 28 heavy (non-hydrogen) atoms. The van der Waals surface area contributed by atoms with Crippen molar-refractivity contribution >= 4 is 17.3 Å². The molecule has 0 amide bonds. The first kappa shape index (κ1) is 19.7. The van der Waals surface area contributed by atoms with Crippen molar-refractivity contribution in [3.05, 3.63) is 57.9 Å². The van der Waals surface area contributed by atoms with Crippen LogP contribution >= 0.6 is 11.6 Å². The van der Waals surface area contributed by atoms with Crippen LogP contribution in [0.4, 0.5) is 5.69 Å². The number of nitrogens with one attached hydrogen (secondary N) is 2. The summed E-state index contributed by atoms with van der Waals surface area (Å²) in [5, 5.41) is 7.82. The number of hydrogen-bond acceptors (Lipinski definition) is 4. The fourth-order valence-electron chi connectivity index (χ4n) is 4.21. The summed E-state index contributed by atoms with van der Waals surface area (Å²) in [6, 6.07) is 8.39. The molecule has 2 heterocycles. The molecule has 2 N–H and O–H groups in total. The maximum absolute atomic E-state index is 6.51. The Morgan fingerprint density at radius 1 is 1.07 bits per heavy atom. The summed E-state index contributed by atoms with van der Waals surface area (Å²) < 4.78 is 6.03. The van der Waals surface area contributed by atoms with Crippen LogP contribution in [0.2, 0.25) is 5.02 Å². The minimum atomic E-state index is 0.418. The van der Waals surface area contributed by atoms with Gasteiger partial charge in [0.2, 0.25) is 0 Å². The van der Waals surface area contributed by atoms with E-state index in [0.29, 0.717) is 12.7 Å². The molecular weight excluding hydrogens is 370 g/mol. The Hall–Kier alpha value is -1.62. The fourth-order valence-corrected chi connectivity index (χ4v) is 4.45. The molecule has 1 aliphatic carbocycles. The number of ether oxygens (including phenoxy) is 1. The van der Waals surface area contributed by atoms with Crippen LogP contribution in [-0.2, 0) is 30.7 Å². The summed E-state index contributed by atoms with van der Waals surface area (Å²) >= 11 is 6.51. The van der Waals surface area contributed by atoms with Gasteiger partial charge in [0.15, 0.2) is 0 Å². The van der Waals surface area contributed by atoms with E-state index in [-0.39, 0.29) is 0 Å². The molecule has 0 atom stereocenters. The molecule has 2 aromatic rings. The molecule has 1 aromatic carbocycles. The number of anilines is 1. The number of aromatic nitrogens is 1. The van der Waals surface area contributed by atoms with E-state index >= 15 is 0 Å². The second-order valence-electron chi connectivity index (χ2n) is 7.89. The molecule has 1 aromatic heterocycles. The fraction of sp³-hybridized carbons (Fsp3) is 0.522. The number of pyridine rings is 1. The first-order valence-electron chi connectivity index (χ1n) is 10.6. The van der Waals surface area contributed by atoms with Crippen molar-refractivity contribution in [3.63, 3.8) is 0 Å². The lowest BCUT2D eigenvalue weighted by Gasteiger charge is -2.21. The van der Waals surface area contributed by atoms with Gasteiger partial charge in [0.25, 0.3) is 0 Å². The number of hydrogen-bond donors (Lipinski definition) is 2. The van der Waals surface area contributed by atoms with Crippen molar-refractivity contribution in [3.8, 4) is 0 Å². The minimum Gasteiger partial charge on any atom is -0.379 e. The predicted molar refractivity (Wildman–Crippen MR) is 115 cm³/mol. The molecule has 0 unspecified atom stereocenters. The van der Waals surface area contributed by atoms with Gasteiger partial charge in [-0.05, 0) is 67.6 Å². The average Bonchev–Trinajstić information content (AvgIpc) is 2.99. The van der Waals surface area contributed by atoms with Crippen molar-refractivity contribution in [2.75, 3.05) is 18.4 Å². The zero-order valence-electron chi connectivity index (χ0n) is 16.5. The summed E-state index contributed by atoms with van der Waals surface area (Å²) in [6.45, 7) is 3.37. The van der Waals surface area contributed by atoms with E-state index in [4.69, 9.17) is 16.3 Å². The Morgan fingerprint density at radius 2 is 1.93 bits per heavy atom. The van der Waals surface area contributed by atoms with Gasteiger partial charge in [-0.1, -0.05) is 43.0 Å². The van der Waals surface area contributed by atoms with Crippen LogP contribution in [0.3, 0.4) is 0 Å². The van der Waals surface area contributed by atoms with E-state index in [0.717, 1.165) is 54.4 Å². The van der Waals surface area contributed by atoms with Crippen LogP contribution in [0.25, 0.3) is 0 Å². The number of nitrogens with zero attached hydrogens (tertiary/aromatic N) is 1. The zero-order chi connectivity index (χ0) is 19.2. The topological polar surface area (TPSA) is 46.2 Å². The van der Waals surface area contributed by atoms with E-state index in [2.05, 4.69) is 33.8 Å². The summed E-state index contributed by atoms with van der Waals surface area (Å²) in [5.41, 5.74) is 5.98. The summed E-state index contributed by atoms with van der Waals surface area (Å²) in [4.78, 5) is 4.59. The van der Waals surface area contributed by atoms with Gasteiger partial charge in [-0.2, -0.15) is 0 Å². The van der Waals surface area contributed by atoms with Gasteiger partial charge in [0.1, 0.15) is 0 Å². The highest BCUT2D eigenvalue weighted by atomic mass is 35.5. The van der Waals surface area contributed by atoms with E-state index in [1.54, 1.807) is 0 Å². The Kier molecular flexibility index (Phi) is 6.84. The lowest BCUT2D eigenvalue weighted by atomic mass is 9.98. The SMILES string of the molecule is Clc1ccc2c(c1NCc1ccc(COC3CCCCC3)nc1)CCNCC2. The minimum absolute atomic E-state index is 0.418. The van der Waals surface area contributed by atoms with Gasteiger partial charge in [-0.25, -0.2) is 0 Å². The van der Waals surface area contributed by atoms with E-state index in [1.165, 1.54) is 43.2 Å². The van der Waals surface area contributed by atoms with Gasteiger partial charge in [-0.3, -0.25) is 4.98 Å². The van der Waals surface area contributed by atoms with Crippen LogP contribution < -0.4 is 10.6 Å². The van der Waals surface area contributed by atoms with Crippen LogP contribution in [0, 0.1) is 0 Å². The maximum atomic E-state index is 6.51. The third kappa shape index (κ3) is 5.05. The van der Waals surface area contributed by atoms with E-state index in [1.807, 2.05) is 12.3 Å². The molecule has 150 valence electrons. The van der Waals surface area contributed by atoms with E-state index < -0.39 is 0 Å². The number of rotatable bonds is 6. The first-order chi connectivity index (χ1) is 13.8. The lowest BCUT2D eigenvalue weighted by Crippen LogP contribution is -2.16. The summed E-state index contributed by atoms with van der Waals surface area (Å²) in [5.74, 6) is 0. The second kappa shape index (κ2) is 9.73. The number of halogens is 1. The van der Waals surface area contributed by atoms with Crippen LogP contribution in [0.5, 0.6) is 0 Å². The highest BCUT2D eigenvalue weighted by Gasteiger charge is 2.15. The first-order valence-corrected chi connectivity index (χ1v) is 11.0. The molecule has 4 rings (SSSR count). The molecule has 5 heteroatoms. The third-order valence-corrected chi connectivity index (χ3v) is 6.17. The van der Waals surface area contributed by atoms with Crippen LogP contribution in [0.1, 0.15) is 54.5 Å². The Morgan fingerprint density at radius 3 is 2.75 bits per heavy atom. The molecule has 2 aliphatic rings. The molecule has 1 fully saturated rings. The molecule has 1 aliphatic heterocycles. The lowest BCUT2D eigenvalue weighted by molar-refractivity contribution is 0.0152. The number of fused-ring (bicyclic) bond motifs is 1. The molecule has 0 radical (unpaired) electrons. The van der Waals surface area contributed by atoms with Crippen LogP contribution in [-0.4, -0.2) is 24.2 Å². The highest BCUT2D eigenvalue weighted by Crippen LogP contribution is 2.31. The maximum Gasteiger partial charge on any atom is 0.0891 e. The molecular formula is C23H30ClN3O. The largest absolute Gasteiger partial charge is 0.379 e. The Labute approximate surface area is 173 Å². The quantitative estimate of drug-likeness (QED) is 0.726. The third-order valence-electron chi connectivity index (χ3n) is 5.86. The van der Waals surface area contributed by atoms with Gasteiger partial charge in [0, 0.05) is 12.7 Å². The van der Waals surface area contributed by atoms with Gasteiger partial charge in [0.05, 0.1) is 29.1 Å². The molecule has 0 spiro atoms. The monoisotopic (exact) mass is 399 g/mol. The van der Waals surface area contributed by atoms with Gasteiger partial charge < -0.3 is 15.4 Å². The van der Waals surface area contributed by atoms with Crippen molar-refractivity contribution < 1.29 is 4.74 Å². The summed E-state index contributed by atoms with van der Waals surface area (Å²) in [7, 11) is 0. The summed E-state index contributed by atoms with van der Waals surface area (Å²) in [6.07, 6.45) is 10.8. The van der Waals surface area contributed by atoms with Crippen molar-refractivity contribution in [1.82, 2.24) is 10.3 Å². The zero-order valence-corrected chi connectivity index (χ0v) is 17.2. The Balaban J connectivity index is 1.35.